The van der Waals surface area contributed by atoms with Gasteiger partial charge in [0, 0.05) is 24.0 Å². The van der Waals surface area contributed by atoms with Crippen molar-refractivity contribution in [3.05, 3.63) is 42.2 Å². The van der Waals surface area contributed by atoms with Crippen LogP contribution in [-0.4, -0.2) is 23.7 Å². The first-order valence-electron chi connectivity index (χ1n) is 7.20. The number of fused-ring (bicyclic) bond motifs is 1. The van der Waals surface area contributed by atoms with Gasteiger partial charge in [0.05, 0.1) is 17.4 Å². The fourth-order valence-corrected chi connectivity index (χ4v) is 2.27. The predicted octanol–water partition coefficient (Wildman–Crippen LogP) is 2.45. The molecule has 4 rings (SSSR count). The van der Waals surface area contributed by atoms with Crippen LogP contribution < -0.4 is 20.1 Å². The molecular weight excluding hydrogens is 282 g/mol. The second-order valence-corrected chi connectivity index (χ2v) is 5.40. The van der Waals surface area contributed by atoms with Crippen LogP contribution in [0.2, 0.25) is 0 Å². The van der Waals surface area contributed by atoms with Crippen molar-refractivity contribution in [2.45, 2.75) is 18.9 Å². The quantitative estimate of drug-likeness (QED) is 0.907. The SMILES string of the molecule is O=C(NC1CC1)c1cncc(Nc2ccc3c(c2)OCO3)c1. The first-order valence-corrected chi connectivity index (χ1v) is 7.20. The average molecular weight is 297 g/mol. The maximum Gasteiger partial charge on any atom is 0.253 e. The van der Waals surface area contributed by atoms with E-state index in [-0.39, 0.29) is 12.7 Å². The first kappa shape index (κ1) is 12.9. The van der Waals surface area contributed by atoms with Crippen molar-refractivity contribution in [1.29, 1.82) is 0 Å². The highest BCUT2D eigenvalue weighted by atomic mass is 16.7. The van der Waals surface area contributed by atoms with E-state index in [1.54, 1.807) is 18.5 Å². The summed E-state index contributed by atoms with van der Waals surface area (Å²) >= 11 is 0. The Labute approximate surface area is 127 Å². The minimum atomic E-state index is -0.0793. The highest BCUT2D eigenvalue weighted by molar-refractivity contribution is 5.95. The minimum absolute atomic E-state index is 0.0793. The number of benzene rings is 1. The standard InChI is InChI=1S/C16H15N3O3/c20-16(19-11-1-2-11)10-5-13(8-17-7-10)18-12-3-4-14-15(6-12)22-9-21-14/h3-8,11,18H,1-2,9H2,(H,19,20). The summed E-state index contributed by atoms with van der Waals surface area (Å²) in [5, 5.41) is 6.17. The number of nitrogens with zero attached hydrogens (tertiary/aromatic N) is 1. The summed E-state index contributed by atoms with van der Waals surface area (Å²) in [6.07, 6.45) is 5.38. The Morgan fingerprint density at radius 1 is 1.09 bits per heavy atom. The zero-order chi connectivity index (χ0) is 14.9. The average Bonchev–Trinajstić information content (AvgIpc) is 3.22. The molecule has 0 saturated heterocycles. The van der Waals surface area contributed by atoms with E-state index in [9.17, 15) is 4.79 Å². The van der Waals surface area contributed by atoms with E-state index in [1.165, 1.54) is 0 Å². The Hall–Kier alpha value is -2.76. The molecule has 1 aliphatic heterocycles. The van der Waals surface area contributed by atoms with E-state index in [0.717, 1.165) is 30.0 Å². The molecule has 1 aliphatic carbocycles. The molecule has 6 heteroatoms. The van der Waals surface area contributed by atoms with Gasteiger partial charge in [0.15, 0.2) is 11.5 Å². The van der Waals surface area contributed by atoms with Crippen LogP contribution in [0, 0.1) is 0 Å². The van der Waals surface area contributed by atoms with Crippen LogP contribution in [0.25, 0.3) is 0 Å². The van der Waals surface area contributed by atoms with Gasteiger partial charge in [-0.15, -0.1) is 0 Å². The summed E-state index contributed by atoms with van der Waals surface area (Å²) in [7, 11) is 0. The molecule has 2 aromatic rings. The number of ether oxygens (including phenoxy) is 2. The number of hydrogen-bond acceptors (Lipinski definition) is 5. The summed E-state index contributed by atoms with van der Waals surface area (Å²) in [6.45, 7) is 0.247. The van der Waals surface area contributed by atoms with Crippen molar-refractivity contribution in [3.63, 3.8) is 0 Å². The van der Waals surface area contributed by atoms with Crippen molar-refractivity contribution < 1.29 is 14.3 Å². The lowest BCUT2D eigenvalue weighted by atomic mass is 10.2. The van der Waals surface area contributed by atoms with Gasteiger partial charge in [-0.05, 0) is 31.0 Å². The third-order valence-corrected chi connectivity index (χ3v) is 3.57. The van der Waals surface area contributed by atoms with Crippen molar-refractivity contribution in [2.75, 3.05) is 12.1 Å². The second-order valence-electron chi connectivity index (χ2n) is 5.40. The topological polar surface area (TPSA) is 72.5 Å². The van der Waals surface area contributed by atoms with Gasteiger partial charge in [0.1, 0.15) is 0 Å². The van der Waals surface area contributed by atoms with Crippen LogP contribution in [-0.2, 0) is 0 Å². The fourth-order valence-electron chi connectivity index (χ4n) is 2.27. The van der Waals surface area contributed by atoms with Crippen LogP contribution in [0.15, 0.2) is 36.7 Å². The van der Waals surface area contributed by atoms with Crippen LogP contribution in [0.1, 0.15) is 23.2 Å². The van der Waals surface area contributed by atoms with Crippen LogP contribution in [0.5, 0.6) is 11.5 Å². The third-order valence-electron chi connectivity index (χ3n) is 3.57. The zero-order valence-electron chi connectivity index (χ0n) is 11.8. The van der Waals surface area contributed by atoms with Crippen molar-refractivity contribution in [2.24, 2.45) is 0 Å². The molecule has 112 valence electrons. The maximum absolute atomic E-state index is 12.0. The largest absolute Gasteiger partial charge is 0.454 e. The molecule has 1 aromatic heterocycles. The van der Waals surface area contributed by atoms with E-state index in [0.29, 0.717) is 17.4 Å². The number of nitrogens with one attached hydrogen (secondary N) is 2. The van der Waals surface area contributed by atoms with Gasteiger partial charge in [-0.2, -0.15) is 0 Å². The van der Waals surface area contributed by atoms with Crippen LogP contribution >= 0.6 is 0 Å². The lowest BCUT2D eigenvalue weighted by Gasteiger charge is -2.09. The Balaban J connectivity index is 1.51. The molecule has 1 aromatic carbocycles. The molecule has 0 spiro atoms. The molecule has 0 atom stereocenters. The van der Waals surface area contributed by atoms with Crippen LogP contribution in [0.3, 0.4) is 0 Å². The molecule has 6 nitrogen and oxygen atoms in total. The summed E-state index contributed by atoms with van der Waals surface area (Å²) < 4.78 is 10.6. The summed E-state index contributed by atoms with van der Waals surface area (Å²) in [5.74, 6) is 1.37. The van der Waals surface area contributed by atoms with Gasteiger partial charge in [-0.1, -0.05) is 0 Å². The lowest BCUT2D eigenvalue weighted by molar-refractivity contribution is 0.0950. The summed E-state index contributed by atoms with van der Waals surface area (Å²) in [6, 6.07) is 7.72. The van der Waals surface area contributed by atoms with Gasteiger partial charge in [-0.25, -0.2) is 0 Å². The number of hydrogen-bond donors (Lipinski definition) is 2. The molecule has 2 heterocycles. The Bertz CT molecular complexity index is 728. The molecule has 2 aliphatic rings. The predicted molar refractivity (Wildman–Crippen MR) is 80.6 cm³/mol. The maximum atomic E-state index is 12.0. The van der Waals surface area contributed by atoms with Crippen molar-refractivity contribution in [3.8, 4) is 11.5 Å². The number of anilines is 2. The molecule has 0 unspecified atom stereocenters. The van der Waals surface area contributed by atoms with Gasteiger partial charge in [-0.3, -0.25) is 9.78 Å². The number of rotatable bonds is 4. The number of carbonyl (C=O) groups excluding carboxylic acids is 1. The van der Waals surface area contributed by atoms with Crippen LogP contribution in [0.4, 0.5) is 11.4 Å². The number of pyridine rings is 1. The van der Waals surface area contributed by atoms with E-state index in [1.807, 2.05) is 18.2 Å². The van der Waals surface area contributed by atoms with E-state index in [4.69, 9.17) is 9.47 Å². The molecule has 1 saturated carbocycles. The normalized spacial score (nSPS) is 15.5. The first-order chi connectivity index (χ1) is 10.8. The Kier molecular flexibility index (Phi) is 3.07. The number of aromatic nitrogens is 1. The van der Waals surface area contributed by atoms with E-state index in [2.05, 4.69) is 15.6 Å². The molecule has 1 amide bonds. The summed E-state index contributed by atoms with van der Waals surface area (Å²) in [5.41, 5.74) is 2.16. The second kappa shape index (κ2) is 5.22. The molecule has 22 heavy (non-hydrogen) atoms. The van der Waals surface area contributed by atoms with E-state index < -0.39 is 0 Å². The number of amides is 1. The molecule has 0 radical (unpaired) electrons. The van der Waals surface area contributed by atoms with Gasteiger partial charge in [0.25, 0.3) is 5.91 Å². The molecule has 0 bridgehead atoms. The van der Waals surface area contributed by atoms with Gasteiger partial charge >= 0.3 is 0 Å². The third kappa shape index (κ3) is 2.67. The highest BCUT2D eigenvalue weighted by Crippen LogP contribution is 2.35. The molecule has 2 N–H and O–H groups in total. The monoisotopic (exact) mass is 297 g/mol. The van der Waals surface area contributed by atoms with Gasteiger partial charge < -0.3 is 20.1 Å². The number of carbonyl (C=O) groups is 1. The van der Waals surface area contributed by atoms with E-state index >= 15 is 0 Å². The smallest absolute Gasteiger partial charge is 0.253 e. The lowest BCUT2D eigenvalue weighted by Crippen LogP contribution is -2.25. The molecular formula is C16H15N3O3. The Morgan fingerprint density at radius 2 is 1.95 bits per heavy atom. The minimum Gasteiger partial charge on any atom is -0.454 e. The summed E-state index contributed by atoms with van der Waals surface area (Å²) in [4.78, 5) is 16.2. The fraction of sp³-hybridized carbons (Fsp3) is 0.250. The zero-order valence-corrected chi connectivity index (χ0v) is 11.8. The Morgan fingerprint density at radius 3 is 2.82 bits per heavy atom. The van der Waals surface area contributed by atoms with Crippen molar-refractivity contribution >= 4 is 17.3 Å². The van der Waals surface area contributed by atoms with Crippen molar-refractivity contribution in [1.82, 2.24) is 10.3 Å². The highest BCUT2D eigenvalue weighted by Gasteiger charge is 2.24. The van der Waals surface area contributed by atoms with Gasteiger partial charge in [0.2, 0.25) is 6.79 Å². The molecule has 1 fully saturated rings.